The third-order valence-corrected chi connectivity index (χ3v) is 4.66. The molecule has 0 aromatic rings. The molecule has 3 nitrogen and oxygen atoms in total. The summed E-state index contributed by atoms with van der Waals surface area (Å²) in [6, 6.07) is 0.581. The lowest BCUT2D eigenvalue weighted by molar-refractivity contribution is 0.0627. The van der Waals surface area contributed by atoms with Gasteiger partial charge in [0.1, 0.15) is 0 Å². The fourth-order valence-corrected chi connectivity index (χ4v) is 3.47. The first-order chi connectivity index (χ1) is 7.49. The molecule has 2 rings (SSSR count). The first-order valence-electron chi connectivity index (χ1n) is 6.50. The highest BCUT2D eigenvalue weighted by Gasteiger charge is 2.47. The third kappa shape index (κ3) is 2.13. The fraction of sp³-hybridized carbons (Fsp3) is 1.00. The van der Waals surface area contributed by atoms with E-state index in [0.29, 0.717) is 11.5 Å². The van der Waals surface area contributed by atoms with Crippen LogP contribution in [0.15, 0.2) is 0 Å². The van der Waals surface area contributed by atoms with Gasteiger partial charge in [-0.05, 0) is 38.1 Å². The second-order valence-electron chi connectivity index (χ2n) is 6.40. The van der Waals surface area contributed by atoms with Crippen LogP contribution in [0, 0.1) is 5.41 Å². The van der Waals surface area contributed by atoms with Crippen molar-refractivity contribution in [2.24, 2.45) is 11.1 Å². The van der Waals surface area contributed by atoms with E-state index in [0.717, 1.165) is 19.8 Å². The van der Waals surface area contributed by atoms with Gasteiger partial charge in [-0.2, -0.15) is 0 Å². The second kappa shape index (κ2) is 4.28. The third-order valence-electron chi connectivity index (χ3n) is 4.66. The van der Waals surface area contributed by atoms with E-state index in [1.54, 1.807) is 0 Å². The number of hydrogen-bond donors (Lipinski definition) is 1. The van der Waals surface area contributed by atoms with E-state index in [9.17, 15) is 0 Å². The van der Waals surface area contributed by atoms with Crippen molar-refractivity contribution in [3.05, 3.63) is 0 Å². The van der Waals surface area contributed by atoms with Crippen molar-refractivity contribution in [3.8, 4) is 0 Å². The van der Waals surface area contributed by atoms with Gasteiger partial charge in [0.15, 0.2) is 0 Å². The Labute approximate surface area is 99.3 Å². The normalized spacial score (nSPS) is 38.4. The van der Waals surface area contributed by atoms with Crippen molar-refractivity contribution < 1.29 is 4.74 Å². The Morgan fingerprint density at radius 3 is 2.56 bits per heavy atom. The van der Waals surface area contributed by atoms with Gasteiger partial charge in [0.05, 0.1) is 6.61 Å². The average Bonchev–Trinajstić information content (AvgIpc) is 2.85. The van der Waals surface area contributed by atoms with Crippen LogP contribution < -0.4 is 5.73 Å². The van der Waals surface area contributed by atoms with Gasteiger partial charge in [0.2, 0.25) is 0 Å². The summed E-state index contributed by atoms with van der Waals surface area (Å²) in [7, 11) is 2.24. The Morgan fingerprint density at radius 1 is 1.38 bits per heavy atom. The van der Waals surface area contributed by atoms with Crippen LogP contribution in [0.25, 0.3) is 0 Å². The monoisotopic (exact) mass is 226 g/mol. The minimum Gasteiger partial charge on any atom is -0.380 e. The zero-order valence-corrected chi connectivity index (χ0v) is 11.0. The molecule has 3 heteroatoms. The molecule has 1 aliphatic carbocycles. The van der Waals surface area contributed by atoms with Gasteiger partial charge in [-0.3, -0.25) is 4.90 Å². The van der Waals surface area contributed by atoms with E-state index in [4.69, 9.17) is 10.5 Å². The summed E-state index contributed by atoms with van der Waals surface area (Å²) < 4.78 is 5.50. The number of ether oxygens (including phenoxy) is 1. The summed E-state index contributed by atoms with van der Waals surface area (Å²) in [5.41, 5.74) is 6.75. The molecule has 2 atom stereocenters. The number of likely N-dealkylation sites (N-methyl/N-ethyl adjacent to an activating group) is 1. The summed E-state index contributed by atoms with van der Waals surface area (Å²) in [6.07, 6.45) is 4.92. The first-order valence-corrected chi connectivity index (χ1v) is 6.50. The molecule has 0 bridgehead atoms. The van der Waals surface area contributed by atoms with E-state index in [-0.39, 0.29) is 5.54 Å². The van der Waals surface area contributed by atoms with E-state index in [2.05, 4.69) is 25.8 Å². The van der Waals surface area contributed by atoms with Gasteiger partial charge in [0.25, 0.3) is 0 Å². The van der Waals surface area contributed by atoms with Crippen molar-refractivity contribution in [2.75, 3.05) is 26.8 Å². The van der Waals surface area contributed by atoms with Crippen LogP contribution >= 0.6 is 0 Å². The van der Waals surface area contributed by atoms with Crippen LogP contribution in [0.5, 0.6) is 0 Å². The molecule has 94 valence electrons. The van der Waals surface area contributed by atoms with Crippen molar-refractivity contribution in [3.63, 3.8) is 0 Å². The predicted molar refractivity (Wildman–Crippen MR) is 66.4 cm³/mol. The highest BCUT2D eigenvalue weighted by Crippen LogP contribution is 2.46. The van der Waals surface area contributed by atoms with Crippen molar-refractivity contribution >= 4 is 0 Å². The molecule has 2 N–H and O–H groups in total. The van der Waals surface area contributed by atoms with E-state index in [1.165, 1.54) is 25.7 Å². The summed E-state index contributed by atoms with van der Waals surface area (Å²) in [5, 5.41) is 0. The zero-order chi connectivity index (χ0) is 11.8. The molecule has 16 heavy (non-hydrogen) atoms. The van der Waals surface area contributed by atoms with Crippen LogP contribution in [-0.2, 0) is 4.74 Å². The zero-order valence-electron chi connectivity index (χ0n) is 11.0. The van der Waals surface area contributed by atoms with Gasteiger partial charge in [-0.25, -0.2) is 0 Å². The Morgan fingerprint density at radius 2 is 2.12 bits per heavy atom. The lowest BCUT2D eigenvalue weighted by Crippen LogP contribution is -2.55. The number of nitrogens with zero attached hydrogens (tertiary/aromatic N) is 1. The Kier molecular flexibility index (Phi) is 3.30. The summed E-state index contributed by atoms with van der Waals surface area (Å²) in [4.78, 5) is 2.52. The molecule has 0 amide bonds. The van der Waals surface area contributed by atoms with Crippen molar-refractivity contribution in [1.29, 1.82) is 0 Å². The van der Waals surface area contributed by atoms with Crippen LogP contribution in [0.2, 0.25) is 0 Å². The topological polar surface area (TPSA) is 38.5 Å². The molecule has 0 aromatic carbocycles. The van der Waals surface area contributed by atoms with E-state index >= 15 is 0 Å². The maximum atomic E-state index is 6.08. The quantitative estimate of drug-likeness (QED) is 0.794. The molecule has 1 heterocycles. The lowest BCUT2D eigenvalue weighted by atomic mass is 9.86. The number of hydrogen-bond acceptors (Lipinski definition) is 3. The van der Waals surface area contributed by atoms with Gasteiger partial charge < -0.3 is 10.5 Å². The van der Waals surface area contributed by atoms with Gasteiger partial charge in [-0.15, -0.1) is 0 Å². The van der Waals surface area contributed by atoms with Crippen molar-refractivity contribution in [2.45, 2.75) is 51.1 Å². The summed E-state index contributed by atoms with van der Waals surface area (Å²) in [6.45, 7) is 7.31. The predicted octanol–water partition coefficient (Wildman–Crippen LogP) is 1.61. The maximum absolute atomic E-state index is 6.08. The Balaban J connectivity index is 2.09. The molecule has 0 aromatic heterocycles. The summed E-state index contributed by atoms with van der Waals surface area (Å²) in [5.74, 6) is 0. The molecule has 0 radical (unpaired) electrons. The molecule has 2 unspecified atom stereocenters. The molecular formula is C13H26N2O. The Hall–Kier alpha value is -0.120. The van der Waals surface area contributed by atoms with Gasteiger partial charge >= 0.3 is 0 Å². The number of rotatable bonds is 3. The van der Waals surface area contributed by atoms with Crippen LogP contribution in [0.1, 0.15) is 39.5 Å². The van der Waals surface area contributed by atoms with Crippen LogP contribution in [0.4, 0.5) is 0 Å². The SMILES string of the molecule is CN(C1CCOC1)C1(CN)CCC(C)(C)C1. The molecular weight excluding hydrogens is 200 g/mol. The van der Waals surface area contributed by atoms with Crippen LogP contribution in [-0.4, -0.2) is 43.3 Å². The van der Waals surface area contributed by atoms with E-state index < -0.39 is 0 Å². The number of nitrogens with two attached hydrogens (primary N) is 1. The smallest absolute Gasteiger partial charge is 0.0622 e. The highest BCUT2D eigenvalue weighted by molar-refractivity contribution is 5.03. The Bertz CT molecular complexity index is 248. The summed E-state index contributed by atoms with van der Waals surface area (Å²) >= 11 is 0. The van der Waals surface area contributed by atoms with Gasteiger partial charge in [-0.1, -0.05) is 13.8 Å². The standard InChI is InChI=1S/C13H26N2O/c1-12(2)5-6-13(9-12,10-14)15(3)11-4-7-16-8-11/h11H,4-10,14H2,1-3H3. The molecule has 2 aliphatic rings. The van der Waals surface area contributed by atoms with Crippen LogP contribution in [0.3, 0.4) is 0 Å². The van der Waals surface area contributed by atoms with Crippen molar-refractivity contribution in [1.82, 2.24) is 4.90 Å². The van der Waals surface area contributed by atoms with Gasteiger partial charge in [0, 0.05) is 24.7 Å². The molecule has 0 spiro atoms. The molecule has 2 fully saturated rings. The molecule has 1 saturated carbocycles. The largest absolute Gasteiger partial charge is 0.380 e. The maximum Gasteiger partial charge on any atom is 0.0622 e. The van der Waals surface area contributed by atoms with E-state index in [1.807, 2.05) is 0 Å². The average molecular weight is 226 g/mol. The molecule has 1 saturated heterocycles. The molecule has 1 aliphatic heterocycles. The second-order valence-corrected chi connectivity index (χ2v) is 6.40. The highest BCUT2D eigenvalue weighted by atomic mass is 16.5. The first kappa shape index (κ1) is 12.3. The fourth-order valence-electron chi connectivity index (χ4n) is 3.47. The minimum atomic E-state index is 0.224. The minimum absolute atomic E-state index is 0.224. The lowest BCUT2D eigenvalue weighted by Gasteiger charge is -2.42.